The van der Waals surface area contributed by atoms with Crippen LogP contribution in [0.2, 0.25) is 0 Å². The average molecular weight is 505 g/mol. The highest BCUT2D eigenvalue weighted by Gasteiger charge is 2.28. The number of aryl methyl sites for hydroxylation is 1. The van der Waals surface area contributed by atoms with Crippen molar-refractivity contribution < 1.29 is 27.0 Å². The second kappa shape index (κ2) is 12.4. The van der Waals surface area contributed by atoms with E-state index in [2.05, 4.69) is 6.92 Å². The number of halogens is 4. The number of ether oxygens (including phenoxy) is 2. The molecule has 0 aliphatic carbocycles. The highest BCUT2D eigenvalue weighted by molar-refractivity contribution is 5.66. The fourth-order valence-electron chi connectivity index (χ4n) is 5.48. The third-order valence-corrected chi connectivity index (χ3v) is 7.61. The molecule has 0 N–H and O–H groups in total. The first-order valence-corrected chi connectivity index (χ1v) is 13.2. The van der Waals surface area contributed by atoms with Gasteiger partial charge >= 0.3 is 0 Å². The van der Waals surface area contributed by atoms with Crippen molar-refractivity contribution in [1.82, 2.24) is 0 Å². The summed E-state index contributed by atoms with van der Waals surface area (Å²) in [5.74, 6) is -3.65. The largest absolute Gasteiger partial charge is 0.374 e. The molecule has 4 atom stereocenters. The second-order valence-corrected chi connectivity index (χ2v) is 10.2. The summed E-state index contributed by atoms with van der Waals surface area (Å²) in [5, 5.41) is 0. The van der Waals surface area contributed by atoms with Gasteiger partial charge < -0.3 is 9.47 Å². The molecule has 36 heavy (non-hydrogen) atoms. The molecular weight excluding hydrogens is 468 g/mol. The Bertz CT molecular complexity index is 1050. The Labute approximate surface area is 211 Å². The van der Waals surface area contributed by atoms with E-state index < -0.39 is 29.4 Å². The minimum atomic E-state index is -1.17. The second-order valence-electron chi connectivity index (χ2n) is 10.2. The van der Waals surface area contributed by atoms with Crippen LogP contribution in [0.3, 0.4) is 0 Å². The van der Waals surface area contributed by atoms with Crippen molar-refractivity contribution in [2.24, 2.45) is 11.8 Å². The predicted octanol–water partition coefficient (Wildman–Crippen LogP) is 8.48. The molecule has 0 bridgehead atoms. The van der Waals surface area contributed by atoms with E-state index in [0.29, 0.717) is 38.4 Å². The van der Waals surface area contributed by atoms with Gasteiger partial charge in [0.05, 0.1) is 25.4 Å². The van der Waals surface area contributed by atoms with Crippen molar-refractivity contribution in [3.8, 4) is 11.1 Å². The zero-order valence-corrected chi connectivity index (χ0v) is 21.2. The zero-order valence-electron chi connectivity index (χ0n) is 21.2. The molecule has 0 aromatic heterocycles. The molecular formula is C30H36F4O2. The first-order valence-electron chi connectivity index (χ1n) is 13.2. The van der Waals surface area contributed by atoms with E-state index in [1.54, 1.807) is 0 Å². The molecule has 2 aromatic carbocycles. The maximum atomic E-state index is 15.1. The lowest BCUT2D eigenvalue weighted by molar-refractivity contribution is -0.0214. The lowest BCUT2D eigenvalue weighted by Gasteiger charge is -2.29. The summed E-state index contributed by atoms with van der Waals surface area (Å²) in [6.45, 7) is 5.18. The molecule has 2 nitrogen and oxygen atoms in total. The SMILES string of the molecule is CC=CC1CCC(CCc2ccc(-c3ccc(C4CCC(CCC)CO4)c(F)c3F)c(F)c2F)CO1. The van der Waals surface area contributed by atoms with E-state index in [-0.39, 0.29) is 34.3 Å². The van der Waals surface area contributed by atoms with Crippen LogP contribution in [0.15, 0.2) is 36.4 Å². The maximum Gasteiger partial charge on any atom is 0.167 e. The minimum Gasteiger partial charge on any atom is -0.374 e. The summed E-state index contributed by atoms with van der Waals surface area (Å²) in [7, 11) is 0. The Kier molecular flexibility index (Phi) is 9.24. The van der Waals surface area contributed by atoms with Gasteiger partial charge in [0, 0.05) is 16.7 Å². The molecule has 4 rings (SSSR count). The van der Waals surface area contributed by atoms with Crippen molar-refractivity contribution in [2.75, 3.05) is 13.2 Å². The standard InChI is InChI=1S/C30H36F4O2/c1-3-5-19-9-16-26(36-18-19)25-15-14-24(29(33)30(25)34)23-13-11-21(27(31)28(23)32)10-7-20-8-12-22(6-4-2)35-17-20/h4,6,11,13-15,19-20,22,26H,3,5,7-10,12,16-18H2,1-2H3. The van der Waals surface area contributed by atoms with Gasteiger partial charge in [-0.15, -0.1) is 0 Å². The van der Waals surface area contributed by atoms with Gasteiger partial charge in [-0.1, -0.05) is 49.8 Å². The van der Waals surface area contributed by atoms with Crippen LogP contribution in [0.5, 0.6) is 0 Å². The van der Waals surface area contributed by atoms with Crippen LogP contribution >= 0.6 is 0 Å². The number of allylic oxidation sites excluding steroid dienone is 1. The van der Waals surface area contributed by atoms with Crippen LogP contribution in [-0.2, 0) is 15.9 Å². The molecule has 0 radical (unpaired) electrons. The zero-order chi connectivity index (χ0) is 25.7. The molecule has 0 spiro atoms. The third-order valence-electron chi connectivity index (χ3n) is 7.61. The van der Waals surface area contributed by atoms with E-state index >= 15 is 13.2 Å². The van der Waals surface area contributed by atoms with Crippen LogP contribution in [0.4, 0.5) is 17.6 Å². The van der Waals surface area contributed by atoms with E-state index in [9.17, 15) is 4.39 Å². The van der Waals surface area contributed by atoms with Gasteiger partial charge in [-0.25, -0.2) is 17.6 Å². The maximum absolute atomic E-state index is 15.1. The topological polar surface area (TPSA) is 18.5 Å². The summed E-state index contributed by atoms with van der Waals surface area (Å²) >= 11 is 0. The molecule has 6 heteroatoms. The molecule has 0 saturated carbocycles. The Hall–Kier alpha value is -2.18. The molecule has 2 heterocycles. The van der Waals surface area contributed by atoms with E-state index in [1.165, 1.54) is 24.3 Å². The van der Waals surface area contributed by atoms with Crippen molar-refractivity contribution in [1.29, 1.82) is 0 Å². The third kappa shape index (κ3) is 6.03. The average Bonchev–Trinajstić information content (AvgIpc) is 2.89. The number of hydrogen-bond donors (Lipinski definition) is 0. The van der Waals surface area contributed by atoms with Gasteiger partial charge in [0.2, 0.25) is 0 Å². The number of benzene rings is 2. The molecule has 0 amide bonds. The van der Waals surface area contributed by atoms with Crippen LogP contribution < -0.4 is 0 Å². The van der Waals surface area contributed by atoms with Crippen molar-refractivity contribution in [2.45, 2.75) is 77.4 Å². The molecule has 2 fully saturated rings. The van der Waals surface area contributed by atoms with Crippen molar-refractivity contribution in [3.63, 3.8) is 0 Å². The van der Waals surface area contributed by atoms with Gasteiger partial charge in [0.25, 0.3) is 0 Å². The van der Waals surface area contributed by atoms with Crippen LogP contribution in [0.1, 0.15) is 76.0 Å². The van der Waals surface area contributed by atoms with E-state index in [0.717, 1.165) is 32.1 Å². The van der Waals surface area contributed by atoms with Gasteiger partial charge in [-0.3, -0.25) is 0 Å². The van der Waals surface area contributed by atoms with Gasteiger partial charge in [0.1, 0.15) is 0 Å². The summed E-state index contributed by atoms with van der Waals surface area (Å²) in [6, 6.07) is 5.59. The Morgan fingerprint density at radius 3 is 2.08 bits per heavy atom. The normalized spacial score (nSPS) is 24.9. The summed E-state index contributed by atoms with van der Waals surface area (Å²) < 4.78 is 71.6. The van der Waals surface area contributed by atoms with Gasteiger partial charge in [-0.2, -0.15) is 0 Å². The first kappa shape index (κ1) is 26.9. The van der Waals surface area contributed by atoms with E-state index in [1.807, 2.05) is 19.1 Å². The Morgan fingerprint density at radius 2 is 1.44 bits per heavy atom. The fraction of sp³-hybridized carbons (Fsp3) is 0.533. The van der Waals surface area contributed by atoms with Gasteiger partial charge in [-0.05, 0) is 69.3 Å². The van der Waals surface area contributed by atoms with Crippen molar-refractivity contribution >= 4 is 0 Å². The Balaban J connectivity index is 1.44. The molecule has 196 valence electrons. The predicted molar refractivity (Wildman–Crippen MR) is 134 cm³/mol. The highest BCUT2D eigenvalue weighted by atomic mass is 19.2. The quantitative estimate of drug-likeness (QED) is 0.265. The van der Waals surface area contributed by atoms with Gasteiger partial charge in [0.15, 0.2) is 23.3 Å². The summed E-state index contributed by atoms with van der Waals surface area (Å²) in [6.07, 6.45) is 10.1. The monoisotopic (exact) mass is 504 g/mol. The smallest absolute Gasteiger partial charge is 0.167 e. The highest BCUT2D eigenvalue weighted by Crippen LogP contribution is 2.37. The number of hydrogen-bond acceptors (Lipinski definition) is 2. The minimum absolute atomic E-state index is 0.129. The molecule has 2 aliphatic rings. The Morgan fingerprint density at radius 1 is 0.778 bits per heavy atom. The molecule has 2 aromatic rings. The first-order chi connectivity index (χ1) is 17.4. The fourth-order valence-corrected chi connectivity index (χ4v) is 5.48. The molecule has 2 aliphatic heterocycles. The van der Waals surface area contributed by atoms with Crippen molar-refractivity contribution in [3.05, 3.63) is 70.8 Å². The number of rotatable bonds is 8. The summed E-state index contributed by atoms with van der Waals surface area (Å²) in [5.41, 5.74) is -0.187. The van der Waals surface area contributed by atoms with E-state index in [4.69, 9.17) is 9.47 Å². The lowest BCUT2D eigenvalue weighted by Crippen LogP contribution is -2.24. The molecule has 4 unspecified atom stereocenters. The lowest BCUT2D eigenvalue weighted by atomic mass is 9.90. The molecule has 2 saturated heterocycles. The van der Waals surface area contributed by atoms with Crippen LogP contribution in [0, 0.1) is 35.1 Å². The summed E-state index contributed by atoms with van der Waals surface area (Å²) in [4.78, 5) is 0. The van der Waals surface area contributed by atoms with Crippen LogP contribution in [0.25, 0.3) is 11.1 Å². The van der Waals surface area contributed by atoms with Crippen LogP contribution in [-0.4, -0.2) is 19.3 Å².